The van der Waals surface area contributed by atoms with Gasteiger partial charge in [-0.05, 0) is 37.6 Å². The average Bonchev–Trinajstić information content (AvgIpc) is 2.37. The van der Waals surface area contributed by atoms with Gasteiger partial charge in [-0.15, -0.1) is 0 Å². The van der Waals surface area contributed by atoms with E-state index < -0.39 is 9.84 Å². The van der Waals surface area contributed by atoms with E-state index in [1.165, 1.54) is 0 Å². The Balaban J connectivity index is 2.73. The fourth-order valence-corrected chi connectivity index (χ4v) is 5.54. The molecule has 3 unspecified atom stereocenters. The van der Waals surface area contributed by atoms with Gasteiger partial charge >= 0.3 is 0 Å². The molecule has 1 fully saturated rings. The molecule has 0 heterocycles. The lowest BCUT2D eigenvalue weighted by Crippen LogP contribution is -2.40. The van der Waals surface area contributed by atoms with Gasteiger partial charge in [-0.2, -0.15) is 0 Å². The summed E-state index contributed by atoms with van der Waals surface area (Å²) in [6, 6.07) is 0. The van der Waals surface area contributed by atoms with E-state index >= 15 is 0 Å². The quantitative estimate of drug-likeness (QED) is 0.777. The molecule has 18 heavy (non-hydrogen) atoms. The third-order valence-electron chi connectivity index (χ3n) is 4.28. The van der Waals surface area contributed by atoms with Gasteiger partial charge in [-0.25, -0.2) is 8.42 Å². The molecule has 0 amide bonds. The van der Waals surface area contributed by atoms with E-state index in [4.69, 9.17) is 5.73 Å². The Morgan fingerprint density at radius 3 is 2.44 bits per heavy atom. The molecule has 0 aliphatic heterocycles. The van der Waals surface area contributed by atoms with Gasteiger partial charge < -0.3 is 5.73 Å². The third kappa shape index (κ3) is 4.23. The van der Waals surface area contributed by atoms with Gasteiger partial charge in [0.1, 0.15) is 0 Å². The number of unbranched alkanes of at least 4 members (excludes halogenated alkanes) is 1. The summed E-state index contributed by atoms with van der Waals surface area (Å²) < 4.78 is 24.8. The maximum absolute atomic E-state index is 12.4. The smallest absolute Gasteiger partial charge is 0.153 e. The minimum Gasteiger partial charge on any atom is -0.330 e. The van der Waals surface area contributed by atoms with Crippen molar-refractivity contribution in [1.82, 2.24) is 0 Å². The van der Waals surface area contributed by atoms with Crippen LogP contribution in [0.5, 0.6) is 0 Å². The molecule has 0 spiro atoms. The molecule has 0 aromatic carbocycles. The van der Waals surface area contributed by atoms with Crippen molar-refractivity contribution >= 4 is 9.84 Å². The largest absolute Gasteiger partial charge is 0.330 e. The first-order valence-electron chi connectivity index (χ1n) is 7.46. The number of hydrogen-bond acceptors (Lipinski definition) is 3. The monoisotopic (exact) mass is 275 g/mol. The Hall–Kier alpha value is -0.0900. The van der Waals surface area contributed by atoms with Crippen LogP contribution < -0.4 is 5.73 Å². The zero-order valence-electron chi connectivity index (χ0n) is 11.9. The average molecular weight is 275 g/mol. The third-order valence-corrected chi connectivity index (χ3v) is 6.64. The second-order valence-corrected chi connectivity index (χ2v) is 8.06. The van der Waals surface area contributed by atoms with E-state index in [0.29, 0.717) is 18.2 Å². The van der Waals surface area contributed by atoms with Crippen molar-refractivity contribution in [3.05, 3.63) is 0 Å². The Kier molecular flexibility index (Phi) is 6.64. The van der Waals surface area contributed by atoms with Crippen molar-refractivity contribution in [2.75, 3.05) is 12.3 Å². The normalized spacial score (nSPS) is 29.4. The molecule has 0 saturated heterocycles. The summed E-state index contributed by atoms with van der Waals surface area (Å²) in [7, 11) is -2.94. The van der Waals surface area contributed by atoms with Crippen LogP contribution in [-0.4, -0.2) is 26.0 Å². The number of rotatable bonds is 7. The van der Waals surface area contributed by atoms with E-state index in [9.17, 15) is 8.42 Å². The summed E-state index contributed by atoms with van der Waals surface area (Å²) >= 11 is 0. The molecule has 4 heteroatoms. The van der Waals surface area contributed by atoms with Gasteiger partial charge in [0.05, 0.1) is 11.0 Å². The summed E-state index contributed by atoms with van der Waals surface area (Å²) in [6.45, 7) is 4.74. The van der Waals surface area contributed by atoms with Gasteiger partial charge in [-0.3, -0.25) is 0 Å². The van der Waals surface area contributed by atoms with Crippen LogP contribution in [0.15, 0.2) is 0 Å². The minimum absolute atomic E-state index is 0.167. The highest BCUT2D eigenvalue weighted by Crippen LogP contribution is 2.35. The van der Waals surface area contributed by atoms with Crippen molar-refractivity contribution in [1.29, 1.82) is 0 Å². The molecular formula is C14H29NO2S. The van der Waals surface area contributed by atoms with Crippen LogP contribution in [0.2, 0.25) is 0 Å². The molecule has 0 radical (unpaired) electrons. The molecule has 1 saturated carbocycles. The van der Waals surface area contributed by atoms with E-state index in [0.717, 1.165) is 44.9 Å². The zero-order chi connectivity index (χ0) is 13.6. The Morgan fingerprint density at radius 1 is 1.17 bits per heavy atom. The van der Waals surface area contributed by atoms with Crippen LogP contribution in [0.3, 0.4) is 0 Å². The van der Waals surface area contributed by atoms with E-state index in [1.807, 2.05) is 6.92 Å². The van der Waals surface area contributed by atoms with Crippen LogP contribution in [0.25, 0.3) is 0 Å². The second-order valence-electron chi connectivity index (χ2n) is 5.72. The highest BCUT2D eigenvalue weighted by Gasteiger charge is 2.37. The maximum Gasteiger partial charge on any atom is 0.153 e. The first kappa shape index (κ1) is 16.0. The van der Waals surface area contributed by atoms with Crippen LogP contribution >= 0.6 is 0 Å². The standard InChI is InChI=1S/C14H29NO2S/c1-3-5-9-18(16,17)14-10-12(6-4-2)7-8-13(14)11-15/h12-14H,3-11,15H2,1-2H3. The van der Waals surface area contributed by atoms with Crippen LogP contribution in [-0.2, 0) is 9.84 Å². The van der Waals surface area contributed by atoms with Crippen molar-refractivity contribution in [2.24, 2.45) is 17.6 Å². The first-order valence-corrected chi connectivity index (χ1v) is 9.18. The van der Waals surface area contributed by atoms with Gasteiger partial charge in [0.2, 0.25) is 0 Å². The van der Waals surface area contributed by atoms with Gasteiger partial charge in [0.15, 0.2) is 9.84 Å². The Labute approximate surface area is 112 Å². The van der Waals surface area contributed by atoms with Crippen molar-refractivity contribution in [3.63, 3.8) is 0 Å². The molecule has 1 aliphatic rings. The second kappa shape index (κ2) is 7.49. The summed E-state index contributed by atoms with van der Waals surface area (Å²) in [6.07, 6.45) is 7.05. The summed E-state index contributed by atoms with van der Waals surface area (Å²) in [5, 5.41) is -0.167. The highest BCUT2D eigenvalue weighted by molar-refractivity contribution is 7.92. The van der Waals surface area contributed by atoms with E-state index in [2.05, 4.69) is 6.92 Å². The van der Waals surface area contributed by atoms with Crippen molar-refractivity contribution in [2.45, 2.75) is 64.0 Å². The zero-order valence-corrected chi connectivity index (χ0v) is 12.7. The number of sulfone groups is 1. The van der Waals surface area contributed by atoms with E-state index in [1.54, 1.807) is 0 Å². The number of nitrogens with two attached hydrogens (primary N) is 1. The molecule has 0 aromatic heterocycles. The van der Waals surface area contributed by atoms with Gasteiger partial charge in [0.25, 0.3) is 0 Å². The Bertz CT molecular complexity index is 327. The lowest BCUT2D eigenvalue weighted by molar-refractivity contribution is 0.268. The van der Waals surface area contributed by atoms with Crippen LogP contribution in [0.1, 0.15) is 58.8 Å². The molecule has 1 aliphatic carbocycles. The first-order chi connectivity index (χ1) is 8.55. The molecule has 3 nitrogen and oxygen atoms in total. The molecule has 1 rings (SSSR count). The predicted octanol–water partition coefficient (Wildman–Crippen LogP) is 2.75. The summed E-state index contributed by atoms with van der Waals surface area (Å²) in [4.78, 5) is 0. The SMILES string of the molecule is CCCCS(=O)(=O)C1CC(CCC)CCC1CN. The minimum atomic E-state index is -2.94. The molecule has 0 aromatic rings. The van der Waals surface area contributed by atoms with Crippen molar-refractivity contribution in [3.8, 4) is 0 Å². The molecule has 3 atom stereocenters. The van der Waals surface area contributed by atoms with Gasteiger partial charge in [-0.1, -0.05) is 39.5 Å². The van der Waals surface area contributed by atoms with E-state index in [-0.39, 0.29) is 11.2 Å². The van der Waals surface area contributed by atoms with Crippen LogP contribution in [0.4, 0.5) is 0 Å². The van der Waals surface area contributed by atoms with Crippen molar-refractivity contribution < 1.29 is 8.42 Å². The highest BCUT2D eigenvalue weighted by atomic mass is 32.2. The lowest BCUT2D eigenvalue weighted by Gasteiger charge is -2.35. The fourth-order valence-electron chi connectivity index (χ4n) is 3.15. The molecular weight excluding hydrogens is 246 g/mol. The molecule has 0 bridgehead atoms. The molecule has 2 N–H and O–H groups in total. The lowest BCUT2D eigenvalue weighted by atomic mass is 9.80. The fraction of sp³-hybridized carbons (Fsp3) is 1.00. The summed E-state index contributed by atoms with van der Waals surface area (Å²) in [5.41, 5.74) is 5.77. The maximum atomic E-state index is 12.4. The van der Waals surface area contributed by atoms with Crippen LogP contribution in [0, 0.1) is 11.8 Å². The Morgan fingerprint density at radius 2 is 1.89 bits per heavy atom. The van der Waals surface area contributed by atoms with Gasteiger partial charge in [0, 0.05) is 0 Å². The predicted molar refractivity (Wildman–Crippen MR) is 77.3 cm³/mol. The topological polar surface area (TPSA) is 60.2 Å². The molecule has 108 valence electrons. The number of hydrogen-bond donors (Lipinski definition) is 1. The summed E-state index contributed by atoms with van der Waals surface area (Å²) in [5.74, 6) is 1.14.